The average molecular weight is 352 g/mol. The van der Waals surface area contributed by atoms with Gasteiger partial charge in [-0.25, -0.2) is 8.42 Å². The largest absolute Gasteiger partial charge is 0.280 e. The molecule has 0 aromatic heterocycles. The first-order chi connectivity index (χ1) is 10.5. The van der Waals surface area contributed by atoms with Crippen LogP contribution in [0.15, 0.2) is 65.6 Å². The van der Waals surface area contributed by atoms with Crippen molar-refractivity contribution in [3.63, 3.8) is 0 Å². The summed E-state index contributed by atoms with van der Waals surface area (Å²) in [5.74, 6) is 0. The van der Waals surface area contributed by atoms with Gasteiger partial charge in [0, 0.05) is 0 Å². The van der Waals surface area contributed by atoms with Crippen molar-refractivity contribution in [3.05, 3.63) is 70.7 Å². The summed E-state index contributed by atoms with van der Waals surface area (Å²) in [5, 5.41) is 2.51. The molecule has 0 bridgehead atoms. The van der Waals surface area contributed by atoms with E-state index < -0.39 is 10.0 Å². The molecule has 6 heteroatoms. The van der Waals surface area contributed by atoms with Gasteiger partial charge in [0.2, 0.25) is 0 Å². The number of hydrogen-bond donors (Lipinski definition) is 1. The van der Waals surface area contributed by atoms with Crippen LogP contribution in [0.2, 0.25) is 10.0 Å². The van der Waals surface area contributed by atoms with Crippen LogP contribution in [-0.2, 0) is 10.0 Å². The summed E-state index contributed by atoms with van der Waals surface area (Å²) in [7, 11) is -3.69. The van der Waals surface area contributed by atoms with Crippen LogP contribution in [0.5, 0.6) is 0 Å². The van der Waals surface area contributed by atoms with Crippen LogP contribution in [0.25, 0.3) is 10.8 Å². The fourth-order valence-electron chi connectivity index (χ4n) is 2.11. The Bertz CT molecular complexity index is 955. The molecule has 0 aliphatic carbocycles. The van der Waals surface area contributed by atoms with Crippen molar-refractivity contribution in [2.45, 2.75) is 4.90 Å². The molecule has 0 atom stereocenters. The number of benzene rings is 3. The third-order valence-corrected chi connectivity index (χ3v) is 5.32. The van der Waals surface area contributed by atoms with E-state index >= 15 is 0 Å². The van der Waals surface area contributed by atoms with Crippen molar-refractivity contribution in [1.82, 2.24) is 0 Å². The number of halogens is 2. The van der Waals surface area contributed by atoms with E-state index in [0.29, 0.717) is 15.7 Å². The fraction of sp³-hybridized carbons (Fsp3) is 0. The average Bonchev–Trinajstić information content (AvgIpc) is 2.50. The molecule has 1 N–H and O–H groups in total. The summed E-state index contributed by atoms with van der Waals surface area (Å²) in [6, 6.07) is 17.1. The normalized spacial score (nSPS) is 11.5. The van der Waals surface area contributed by atoms with Gasteiger partial charge >= 0.3 is 0 Å². The highest BCUT2D eigenvalue weighted by atomic mass is 35.5. The minimum atomic E-state index is -3.69. The van der Waals surface area contributed by atoms with Gasteiger partial charge < -0.3 is 0 Å². The van der Waals surface area contributed by atoms with E-state index in [0.717, 1.165) is 10.8 Å². The molecule has 3 rings (SSSR count). The predicted octanol–water partition coefficient (Wildman–Crippen LogP) is 4.95. The topological polar surface area (TPSA) is 46.2 Å². The maximum absolute atomic E-state index is 12.5. The molecule has 0 aliphatic rings. The second kappa shape index (κ2) is 5.80. The summed E-state index contributed by atoms with van der Waals surface area (Å²) in [5.41, 5.74) is 0.363. The second-order valence-corrected chi connectivity index (χ2v) is 7.24. The maximum atomic E-state index is 12.5. The van der Waals surface area contributed by atoms with Crippen LogP contribution in [0.4, 0.5) is 5.69 Å². The highest BCUT2D eigenvalue weighted by Crippen LogP contribution is 2.27. The first-order valence-corrected chi connectivity index (χ1v) is 8.66. The lowest BCUT2D eigenvalue weighted by molar-refractivity contribution is 0.601. The van der Waals surface area contributed by atoms with E-state index in [2.05, 4.69) is 4.72 Å². The molecule has 0 fully saturated rings. The van der Waals surface area contributed by atoms with Crippen LogP contribution in [0, 0.1) is 0 Å². The summed E-state index contributed by atoms with van der Waals surface area (Å²) >= 11 is 11.7. The Morgan fingerprint density at radius 1 is 0.773 bits per heavy atom. The molecule has 112 valence electrons. The lowest BCUT2D eigenvalue weighted by Gasteiger charge is -2.09. The van der Waals surface area contributed by atoms with E-state index in [4.69, 9.17) is 23.2 Å². The summed E-state index contributed by atoms with van der Waals surface area (Å²) in [4.78, 5) is 0.192. The lowest BCUT2D eigenvalue weighted by Crippen LogP contribution is -2.12. The van der Waals surface area contributed by atoms with E-state index in [1.807, 2.05) is 24.3 Å². The summed E-state index contributed by atoms with van der Waals surface area (Å²) in [6.07, 6.45) is 0. The zero-order valence-electron chi connectivity index (χ0n) is 11.3. The Morgan fingerprint density at radius 3 is 2.23 bits per heavy atom. The molecule has 3 nitrogen and oxygen atoms in total. The highest BCUT2D eigenvalue weighted by Gasteiger charge is 2.15. The molecule has 0 saturated carbocycles. The third kappa shape index (κ3) is 3.04. The molecule has 0 heterocycles. The Kier molecular flexibility index (Phi) is 4.00. The molecular weight excluding hydrogens is 341 g/mol. The molecule has 0 aliphatic heterocycles. The van der Waals surface area contributed by atoms with Crippen LogP contribution in [-0.4, -0.2) is 8.42 Å². The number of anilines is 1. The maximum Gasteiger partial charge on any atom is 0.261 e. The van der Waals surface area contributed by atoms with E-state index in [9.17, 15) is 8.42 Å². The van der Waals surface area contributed by atoms with Gasteiger partial charge in [0.1, 0.15) is 0 Å². The van der Waals surface area contributed by atoms with Gasteiger partial charge in [-0.2, -0.15) is 0 Å². The molecule has 3 aromatic carbocycles. The van der Waals surface area contributed by atoms with Gasteiger partial charge in [-0.15, -0.1) is 0 Å². The van der Waals surface area contributed by atoms with Gasteiger partial charge in [-0.1, -0.05) is 53.5 Å². The first kappa shape index (κ1) is 15.2. The molecule has 0 saturated heterocycles. The van der Waals surface area contributed by atoms with Gasteiger partial charge in [0.15, 0.2) is 0 Å². The molecule has 0 radical (unpaired) electrons. The molecular formula is C16H11Cl2NO2S. The minimum absolute atomic E-state index is 0.192. The quantitative estimate of drug-likeness (QED) is 0.725. The van der Waals surface area contributed by atoms with Gasteiger partial charge in [0.05, 0.1) is 20.6 Å². The third-order valence-electron chi connectivity index (χ3n) is 3.20. The Balaban J connectivity index is 1.98. The Morgan fingerprint density at radius 2 is 1.50 bits per heavy atom. The van der Waals surface area contributed by atoms with Crippen molar-refractivity contribution in [2.24, 2.45) is 0 Å². The van der Waals surface area contributed by atoms with Crippen LogP contribution in [0.1, 0.15) is 0 Å². The molecule has 0 unspecified atom stereocenters. The summed E-state index contributed by atoms with van der Waals surface area (Å²) in [6.45, 7) is 0. The monoisotopic (exact) mass is 351 g/mol. The fourth-order valence-corrected chi connectivity index (χ4v) is 3.49. The van der Waals surface area contributed by atoms with Crippen LogP contribution < -0.4 is 4.72 Å². The van der Waals surface area contributed by atoms with Crippen molar-refractivity contribution < 1.29 is 8.42 Å². The molecule has 22 heavy (non-hydrogen) atoms. The SMILES string of the molecule is O=S(=O)(Nc1ccc(Cl)c(Cl)c1)c1ccc2ccccc2c1. The number of hydrogen-bond acceptors (Lipinski definition) is 2. The van der Waals surface area contributed by atoms with E-state index in [1.54, 1.807) is 30.3 Å². The number of sulfonamides is 1. The van der Waals surface area contributed by atoms with Crippen molar-refractivity contribution in [3.8, 4) is 0 Å². The standard InChI is InChI=1S/C16H11Cl2NO2S/c17-15-8-6-13(10-16(15)18)19-22(20,21)14-7-5-11-3-1-2-4-12(11)9-14/h1-10,19H. The van der Waals surface area contributed by atoms with Gasteiger partial charge in [-0.3, -0.25) is 4.72 Å². The van der Waals surface area contributed by atoms with Gasteiger partial charge in [-0.05, 0) is 41.1 Å². The smallest absolute Gasteiger partial charge is 0.261 e. The number of nitrogens with one attached hydrogen (secondary N) is 1. The van der Waals surface area contributed by atoms with Crippen molar-refractivity contribution >= 4 is 49.7 Å². The molecule has 3 aromatic rings. The molecule has 0 amide bonds. The van der Waals surface area contributed by atoms with Crippen molar-refractivity contribution in [2.75, 3.05) is 4.72 Å². The highest BCUT2D eigenvalue weighted by molar-refractivity contribution is 7.92. The predicted molar refractivity (Wildman–Crippen MR) is 91.2 cm³/mol. The van der Waals surface area contributed by atoms with Gasteiger partial charge in [0.25, 0.3) is 10.0 Å². The van der Waals surface area contributed by atoms with E-state index in [1.165, 1.54) is 6.07 Å². The second-order valence-electron chi connectivity index (χ2n) is 4.74. The summed E-state index contributed by atoms with van der Waals surface area (Å²) < 4.78 is 27.4. The first-order valence-electron chi connectivity index (χ1n) is 6.42. The Hall–Kier alpha value is -1.75. The van der Waals surface area contributed by atoms with Crippen molar-refractivity contribution in [1.29, 1.82) is 0 Å². The zero-order valence-corrected chi connectivity index (χ0v) is 13.6. The zero-order chi connectivity index (χ0) is 15.7. The Labute approximate surface area is 138 Å². The molecule has 0 spiro atoms. The van der Waals surface area contributed by atoms with Crippen LogP contribution in [0.3, 0.4) is 0 Å². The van der Waals surface area contributed by atoms with E-state index in [-0.39, 0.29) is 4.90 Å². The lowest BCUT2D eigenvalue weighted by atomic mass is 10.1. The number of rotatable bonds is 3. The number of fused-ring (bicyclic) bond motifs is 1. The minimum Gasteiger partial charge on any atom is -0.280 e. The van der Waals surface area contributed by atoms with Crippen LogP contribution >= 0.6 is 23.2 Å².